The molecule has 10 nitrogen and oxygen atoms in total. The maximum atomic E-state index is 13.4. The molecule has 2 unspecified atom stereocenters. The second-order valence-corrected chi connectivity index (χ2v) is 8.73. The maximum Gasteiger partial charge on any atom is 0.327 e. The lowest BCUT2D eigenvalue weighted by Crippen LogP contribution is -2.64. The summed E-state index contributed by atoms with van der Waals surface area (Å²) >= 11 is 0. The Labute approximate surface area is 179 Å². The third-order valence-electron chi connectivity index (χ3n) is 4.92. The average molecular weight is 431 g/mol. The number of urea groups is 2. The summed E-state index contributed by atoms with van der Waals surface area (Å²) < 4.78 is 23.2. The fraction of sp³-hybridized carbons (Fsp3) is 0.900. The van der Waals surface area contributed by atoms with Crippen LogP contribution in [0.4, 0.5) is 9.59 Å². The molecule has 0 aliphatic carbocycles. The lowest BCUT2D eigenvalue weighted by molar-refractivity contribution is -0.136. The first-order valence-corrected chi connectivity index (χ1v) is 10.6. The Kier molecular flexibility index (Phi) is 8.32. The van der Waals surface area contributed by atoms with Crippen LogP contribution in [0.2, 0.25) is 0 Å². The van der Waals surface area contributed by atoms with E-state index < -0.39 is 11.8 Å². The number of ether oxygens (including phenoxy) is 4. The van der Waals surface area contributed by atoms with Crippen LogP contribution >= 0.6 is 0 Å². The fourth-order valence-corrected chi connectivity index (χ4v) is 3.35. The van der Waals surface area contributed by atoms with Crippen molar-refractivity contribution in [3.05, 3.63) is 0 Å². The highest BCUT2D eigenvalue weighted by Gasteiger charge is 2.67. The first-order chi connectivity index (χ1) is 14.0. The molecule has 4 amide bonds. The van der Waals surface area contributed by atoms with Crippen molar-refractivity contribution in [3.8, 4) is 0 Å². The molecule has 0 aromatic carbocycles. The first kappa shape index (κ1) is 24.6. The molecule has 2 heterocycles. The minimum absolute atomic E-state index is 0.0137. The van der Waals surface area contributed by atoms with Gasteiger partial charge >= 0.3 is 12.1 Å². The summed E-state index contributed by atoms with van der Waals surface area (Å²) in [5.41, 5.74) is -1.12. The van der Waals surface area contributed by atoms with Gasteiger partial charge in [-0.15, -0.1) is 0 Å². The normalized spacial score (nSPS) is 24.3. The molecule has 2 atom stereocenters. The number of carbonyl (C=O) groups excluding carboxylic acids is 2. The van der Waals surface area contributed by atoms with E-state index in [-0.39, 0.29) is 63.3 Å². The Morgan fingerprint density at radius 2 is 1.23 bits per heavy atom. The van der Waals surface area contributed by atoms with Gasteiger partial charge in [-0.05, 0) is 55.4 Å². The SMILES string of the molecule is CC(C)OCN1C(=O)N(COC(C)C)C2(COC(C)C)C1NC(=O)N2COC(C)C. The van der Waals surface area contributed by atoms with Gasteiger partial charge in [-0.1, -0.05) is 0 Å². The van der Waals surface area contributed by atoms with Gasteiger partial charge in [0.15, 0.2) is 11.8 Å². The number of rotatable bonds is 12. The number of amides is 4. The quantitative estimate of drug-likeness (QED) is 0.511. The summed E-state index contributed by atoms with van der Waals surface area (Å²) in [6.45, 7) is 15.4. The van der Waals surface area contributed by atoms with E-state index in [2.05, 4.69) is 5.32 Å². The van der Waals surface area contributed by atoms with Crippen LogP contribution < -0.4 is 5.32 Å². The monoisotopic (exact) mass is 430 g/mol. The number of nitrogens with zero attached hydrogens (tertiary/aromatic N) is 3. The molecule has 0 bridgehead atoms. The van der Waals surface area contributed by atoms with Crippen molar-refractivity contribution in [1.29, 1.82) is 0 Å². The summed E-state index contributed by atoms with van der Waals surface area (Å²) in [6, 6.07) is -0.618. The molecule has 0 saturated carbocycles. The van der Waals surface area contributed by atoms with Crippen molar-refractivity contribution in [1.82, 2.24) is 20.0 Å². The number of carbonyl (C=O) groups is 2. The molecule has 0 spiro atoms. The summed E-state index contributed by atoms with van der Waals surface area (Å²) in [7, 11) is 0. The van der Waals surface area contributed by atoms with Gasteiger partial charge in [-0.3, -0.25) is 14.7 Å². The molecule has 2 aliphatic rings. The standard InChI is InChI=1S/C20H38N4O6/c1-13(2)27-9-20-17(21-18(25)23(20)11-29-15(5)6)22(10-28-14(3)4)19(26)24(20)12-30-16(7)8/h13-17H,9-12H2,1-8H3,(H,21,25). The molecule has 2 fully saturated rings. The highest BCUT2D eigenvalue weighted by Crippen LogP contribution is 2.40. The molecular weight excluding hydrogens is 392 g/mol. The molecule has 2 rings (SSSR count). The number of fused-ring (bicyclic) bond motifs is 1. The largest absolute Gasteiger partial charge is 0.374 e. The van der Waals surface area contributed by atoms with Crippen molar-refractivity contribution in [3.63, 3.8) is 0 Å². The molecule has 0 aromatic heterocycles. The summed E-state index contributed by atoms with van der Waals surface area (Å²) in [4.78, 5) is 30.9. The van der Waals surface area contributed by atoms with Gasteiger partial charge in [0.2, 0.25) is 0 Å². The van der Waals surface area contributed by atoms with Gasteiger partial charge in [-0.25, -0.2) is 9.59 Å². The van der Waals surface area contributed by atoms with Crippen LogP contribution in [0.15, 0.2) is 0 Å². The Hall–Kier alpha value is -1.62. The maximum absolute atomic E-state index is 13.4. The van der Waals surface area contributed by atoms with Crippen molar-refractivity contribution >= 4 is 12.1 Å². The topological polar surface area (TPSA) is 92.8 Å². The molecule has 1 N–H and O–H groups in total. The van der Waals surface area contributed by atoms with E-state index in [0.29, 0.717) is 0 Å². The highest BCUT2D eigenvalue weighted by molar-refractivity contribution is 5.86. The minimum Gasteiger partial charge on any atom is -0.374 e. The zero-order valence-electron chi connectivity index (χ0n) is 19.5. The molecule has 10 heteroatoms. The Morgan fingerprint density at radius 3 is 1.73 bits per heavy atom. The lowest BCUT2D eigenvalue weighted by atomic mass is 10.1. The van der Waals surface area contributed by atoms with Gasteiger partial charge in [0.25, 0.3) is 0 Å². The van der Waals surface area contributed by atoms with Crippen molar-refractivity contribution < 1.29 is 28.5 Å². The minimum atomic E-state index is -1.12. The van der Waals surface area contributed by atoms with E-state index in [0.717, 1.165) is 0 Å². The lowest BCUT2D eigenvalue weighted by Gasteiger charge is -2.42. The van der Waals surface area contributed by atoms with E-state index in [1.807, 2.05) is 55.4 Å². The third-order valence-corrected chi connectivity index (χ3v) is 4.92. The van der Waals surface area contributed by atoms with Crippen LogP contribution in [-0.4, -0.2) is 89.8 Å². The van der Waals surface area contributed by atoms with E-state index >= 15 is 0 Å². The smallest absolute Gasteiger partial charge is 0.327 e. The second kappa shape index (κ2) is 10.1. The Bertz CT molecular complexity index is 600. The van der Waals surface area contributed by atoms with Crippen LogP contribution in [0.1, 0.15) is 55.4 Å². The van der Waals surface area contributed by atoms with Crippen LogP contribution in [-0.2, 0) is 18.9 Å². The number of nitrogens with one attached hydrogen (secondary N) is 1. The molecule has 0 aromatic rings. The Morgan fingerprint density at radius 1 is 0.767 bits per heavy atom. The number of hydrogen-bond acceptors (Lipinski definition) is 6. The predicted octanol–water partition coefficient (Wildman–Crippen LogP) is 2.34. The van der Waals surface area contributed by atoms with Crippen molar-refractivity contribution in [2.45, 2.75) is 91.6 Å². The molecule has 2 saturated heterocycles. The summed E-state index contributed by atoms with van der Waals surface area (Å²) in [5, 5.41) is 2.93. The van der Waals surface area contributed by atoms with Crippen LogP contribution in [0.25, 0.3) is 0 Å². The summed E-state index contributed by atoms with van der Waals surface area (Å²) in [5.74, 6) is 0. The third kappa shape index (κ3) is 5.16. The first-order valence-electron chi connectivity index (χ1n) is 10.6. The van der Waals surface area contributed by atoms with E-state index in [4.69, 9.17) is 18.9 Å². The van der Waals surface area contributed by atoms with Gasteiger partial charge in [-0.2, -0.15) is 0 Å². The molecule has 30 heavy (non-hydrogen) atoms. The van der Waals surface area contributed by atoms with Crippen LogP contribution in [0, 0.1) is 0 Å². The zero-order valence-corrected chi connectivity index (χ0v) is 19.5. The average Bonchev–Trinajstić information content (AvgIpc) is 3.01. The zero-order chi connectivity index (χ0) is 22.6. The van der Waals surface area contributed by atoms with Crippen LogP contribution in [0.5, 0.6) is 0 Å². The molecular formula is C20H38N4O6. The second-order valence-electron chi connectivity index (χ2n) is 8.73. The summed E-state index contributed by atoms with van der Waals surface area (Å²) in [6.07, 6.45) is -1.00. The van der Waals surface area contributed by atoms with E-state index in [1.54, 1.807) is 4.90 Å². The van der Waals surface area contributed by atoms with Gasteiger partial charge in [0.05, 0.1) is 31.0 Å². The van der Waals surface area contributed by atoms with Crippen molar-refractivity contribution in [2.24, 2.45) is 0 Å². The highest BCUT2D eigenvalue weighted by atomic mass is 16.5. The van der Waals surface area contributed by atoms with Crippen molar-refractivity contribution in [2.75, 3.05) is 26.8 Å². The van der Waals surface area contributed by atoms with Crippen LogP contribution in [0.3, 0.4) is 0 Å². The molecule has 174 valence electrons. The fourth-order valence-electron chi connectivity index (χ4n) is 3.35. The van der Waals surface area contributed by atoms with E-state index in [9.17, 15) is 9.59 Å². The number of hydrogen-bond donors (Lipinski definition) is 1. The Balaban J connectivity index is 2.45. The van der Waals surface area contributed by atoms with Gasteiger partial charge < -0.3 is 24.3 Å². The van der Waals surface area contributed by atoms with E-state index in [1.165, 1.54) is 9.80 Å². The molecule has 0 radical (unpaired) electrons. The van der Waals surface area contributed by atoms with Gasteiger partial charge in [0, 0.05) is 0 Å². The van der Waals surface area contributed by atoms with Gasteiger partial charge in [0.1, 0.15) is 20.2 Å². The predicted molar refractivity (Wildman–Crippen MR) is 110 cm³/mol. The molecule has 2 aliphatic heterocycles.